The number of hydrogen-bond acceptors (Lipinski definition) is 4. The summed E-state index contributed by atoms with van der Waals surface area (Å²) in [7, 11) is 0. The molecule has 154 valence electrons. The summed E-state index contributed by atoms with van der Waals surface area (Å²) < 4.78 is 8.46. The van der Waals surface area contributed by atoms with Crippen molar-refractivity contribution in [3.05, 3.63) is 66.3 Å². The number of likely N-dealkylation sites (tertiary alicyclic amines) is 1. The van der Waals surface area contributed by atoms with Crippen LogP contribution in [0.2, 0.25) is 0 Å². The zero-order valence-corrected chi connectivity index (χ0v) is 16.7. The van der Waals surface area contributed by atoms with E-state index in [4.69, 9.17) is 4.74 Å². The second-order valence-corrected chi connectivity index (χ2v) is 8.72. The number of carbonyl (C=O) groups is 2. The quantitative estimate of drug-likeness (QED) is 0.720. The Kier molecular flexibility index (Phi) is 3.90. The second-order valence-electron chi connectivity index (χ2n) is 8.72. The van der Waals surface area contributed by atoms with E-state index in [-0.39, 0.29) is 17.9 Å². The van der Waals surface area contributed by atoms with E-state index in [1.54, 1.807) is 12.4 Å². The Hall–Kier alpha value is -2.93. The first kappa shape index (κ1) is 17.9. The molecular weight excluding hydrogens is 380 g/mol. The molecule has 4 aliphatic rings. The third-order valence-corrected chi connectivity index (χ3v) is 7.08. The number of amides is 2. The SMILES string of the molecule is O=C([C@H]1[C@@H]2C=C[C@@]3(CN(CCc4ccncc4)C(=O)[C@@H]13)O2)N1CCn2cccc2C1. The lowest BCUT2D eigenvalue weighted by Crippen LogP contribution is -2.48. The highest BCUT2D eigenvalue weighted by atomic mass is 16.5. The summed E-state index contributed by atoms with van der Waals surface area (Å²) in [6.07, 6.45) is 10.1. The molecule has 4 atom stereocenters. The van der Waals surface area contributed by atoms with E-state index < -0.39 is 17.4 Å². The molecule has 0 aliphatic carbocycles. The Morgan fingerprint density at radius 3 is 2.97 bits per heavy atom. The molecule has 2 aromatic rings. The molecule has 0 radical (unpaired) electrons. The van der Waals surface area contributed by atoms with E-state index in [2.05, 4.69) is 21.8 Å². The van der Waals surface area contributed by atoms with Gasteiger partial charge in [-0.25, -0.2) is 0 Å². The van der Waals surface area contributed by atoms with Crippen LogP contribution >= 0.6 is 0 Å². The highest BCUT2D eigenvalue weighted by Gasteiger charge is 2.67. The Morgan fingerprint density at radius 2 is 2.10 bits per heavy atom. The van der Waals surface area contributed by atoms with Gasteiger partial charge in [0.1, 0.15) is 5.60 Å². The molecule has 4 aliphatic heterocycles. The molecular formula is C23H24N4O3. The fourth-order valence-corrected chi connectivity index (χ4v) is 5.58. The van der Waals surface area contributed by atoms with Crippen LogP contribution in [0.3, 0.4) is 0 Å². The van der Waals surface area contributed by atoms with Crippen LogP contribution in [0.5, 0.6) is 0 Å². The Labute approximate surface area is 174 Å². The van der Waals surface area contributed by atoms with Crippen molar-refractivity contribution in [2.75, 3.05) is 19.6 Å². The summed E-state index contributed by atoms with van der Waals surface area (Å²) in [5.41, 5.74) is 1.65. The van der Waals surface area contributed by atoms with E-state index in [0.29, 0.717) is 26.2 Å². The summed E-state index contributed by atoms with van der Waals surface area (Å²) in [5.74, 6) is -0.733. The van der Waals surface area contributed by atoms with Crippen LogP contribution in [0.4, 0.5) is 0 Å². The van der Waals surface area contributed by atoms with Crippen LogP contribution in [-0.4, -0.2) is 62.5 Å². The number of fused-ring (bicyclic) bond motifs is 2. The Balaban J connectivity index is 1.21. The van der Waals surface area contributed by atoms with E-state index in [1.807, 2.05) is 40.2 Å². The Morgan fingerprint density at radius 1 is 1.23 bits per heavy atom. The highest BCUT2D eigenvalue weighted by molar-refractivity contribution is 5.93. The molecule has 0 saturated carbocycles. The van der Waals surface area contributed by atoms with Gasteiger partial charge in [0.05, 0.1) is 31.0 Å². The summed E-state index contributed by atoms with van der Waals surface area (Å²) in [4.78, 5) is 34.7. The second kappa shape index (κ2) is 6.54. The summed E-state index contributed by atoms with van der Waals surface area (Å²) in [6, 6.07) is 8.02. The average molecular weight is 404 g/mol. The largest absolute Gasteiger partial charge is 0.360 e. The van der Waals surface area contributed by atoms with Gasteiger partial charge in [0.25, 0.3) is 0 Å². The number of aromatic nitrogens is 2. The normalized spacial score (nSPS) is 31.3. The topological polar surface area (TPSA) is 67.7 Å². The molecule has 0 unspecified atom stereocenters. The van der Waals surface area contributed by atoms with E-state index in [1.165, 1.54) is 0 Å². The minimum Gasteiger partial charge on any atom is -0.360 e. The number of hydrogen-bond donors (Lipinski definition) is 0. The monoisotopic (exact) mass is 404 g/mol. The fraction of sp³-hybridized carbons (Fsp3) is 0.435. The zero-order chi connectivity index (χ0) is 20.3. The lowest BCUT2D eigenvalue weighted by Gasteiger charge is -2.33. The van der Waals surface area contributed by atoms with Gasteiger partial charge in [0, 0.05) is 43.9 Å². The van der Waals surface area contributed by atoms with Gasteiger partial charge in [-0.3, -0.25) is 14.6 Å². The van der Waals surface area contributed by atoms with Gasteiger partial charge in [-0.05, 0) is 36.2 Å². The lowest BCUT2D eigenvalue weighted by molar-refractivity contribution is -0.144. The van der Waals surface area contributed by atoms with Crippen molar-refractivity contribution < 1.29 is 14.3 Å². The van der Waals surface area contributed by atoms with Crippen LogP contribution in [0.1, 0.15) is 11.3 Å². The smallest absolute Gasteiger partial charge is 0.230 e. The number of pyridine rings is 1. The number of carbonyl (C=O) groups excluding carboxylic acids is 2. The predicted molar refractivity (Wildman–Crippen MR) is 108 cm³/mol. The van der Waals surface area contributed by atoms with Gasteiger partial charge in [-0.1, -0.05) is 12.2 Å². The van der Waals surface area contributed by atoms with Crippen molar-refractivity contribution >= 4 is 11.8 Å². The molecule has 0 aromatic carbocycles. The van der Waals surface area contributed by atoms with Gasteiger partial charge in [0.2, 0.25) is 11.8 Å². The van der Waals surface area contributed by atoms with Crippen molar-refractivity contribution in [3.8, 4) is 0 Å². The minimum absolute atomic E-state index is 0.0491. The van der Waals surface area contributed by atoms with Crippen LogP contribution in [0.25, 0.3) is 0 Å². The number of rotatable bonds is 4. The zero-order valence-electron chi connectivity index (χ0n) is 16.7. The third-order valence-electron chi connectivity index (χ3n) is 7.08. The van der Waals surface area contributed by atoms with Crippen LogP contribution in [0.15, 0.2) is 55.0 Å². The van der Waals surface area contributed by atoms with Crippen LogP contribution in [0, 0.1) is 11.8 Å². The maximum Gasteiger partial charge on any atom is 0.230 e. The van der Waals surface area contributed by atoms with Crippen molar-refractivity contribution in [2.24, 2.45) is 11.8 Å². The van der Waals surface area contributed by atoms with Gasteiger partial charge in [-0.15, -0.1) is 0 Å². The van der Waals surface area contributed by atoms with Crippen molar-refractivity contribution in [2.45, 2.75) is 31.2 Å². The maximum atomic E-state index is 13.5. The first-order valence-corrected chi connectivity index (χ1v) is 10.6. The Bertz CT molecular complexity index is 1030. The van der Waals surface area contributed by atoms with Crippen molar-refractivity contribution in [1.29, 1.82) is 0 Å². The van der Waals surface area contributed by atoms with E-state index in [0.717, 1.165) is 24.2 Å². The summed E-state index contributed by atoms with van der Waals surface area (Å²) in [5, 5.41) is 0. The summed E-state index contributed by atoms with van der Waals surface area (Å²) >= 11 is 0. The molecule has 2 saturated heterocycles. The first-order chi connectivity index (χ1) is 14.6. The molecule has 6 heterocycles. The molecule has 2 amide bonds. The number of ether oxygens (including phenoxy) is 1. The van der Waals surface area contributed by atoms with Crippen molar-refractivity contribution in [3.63, 3.8) is 0 Å². The molecule has 7 nitrogen and oxygen atoms in total. The number of nitrogens with zero attached hydrogens (tertiary/aromatic N) is 4. The highest BCUT2D eigenvalue weighted by Crippen LogP contribution is 2.52. The van der Waals surface area contributed by atoms with E-state index >= 15 is 0 Å². The maximum absolute atomic E-state index is 13.5. The van der Waals surface area contributed by atoms with Gasteiger partial charge in [-0.2, -0.15) is 0 Å². The minimum atomic E-state index is -0.643. The van der Waals surface area contributed by atoms with E-state index in [9.17, 15) is 9.59 Å². The van der Waals surface area contributed by atoms with Crippen LogP contribution < -0.4 is 0 Å². The molecule has 1 spiro atoms. The standard InChI is InChI=1S/C23H24N4O3/c28-21(26-13-12-25-10-1-2-17(25)14-26)19-18-3-7-23(30-18)15-27(22(29)20(19)23)11-6-16-4-8-24-9-5-16/h1-5,7-10,18-20H,6,11-15H2/t18-,19-,20+,23-/m0/s1. The molecule has 7 heteroatoms. The van der Waals surface area contributed by atoms with Gasteiger partial charge >= 0.3 is 0 Å². The first-order valence-electron chi connectivity index (χ1n) is 10.6. The predicted octanol–water partition coefficient (Wildman–Crippen LogP) is 1.25. The average Bonchev–Trinajstić information content (AvgIpc) is 3.53. The molecule has 0 N–H and O–H groups in total. The summed E-state index contributed by atoms with van der Waals surface area (Å²) in [6.45, 7) is 3.22. The van der Waals surface area contributed by atoms with Gasteiger partial charge < -0.3 is 19.1 Å². The molecule has 30 heavy (non-hydrogen) atoms. The third kappa shape index (κ3) is 2.58. The van der Waals surface area contributed by atoms with Gasteiger partial charge in [0.15, 0.2) is 0 Å². The molecule has 2 bridgehead atoms. The lowest BCUT2D eigenvalue weighted by atomic mass is 9.76. The van der Waals surface area contributed by atoms with Crippen LogP contribution in [-0.2, 0) is 33.8 Å². The fourth-order valence-electron chi connectivity index (χ4n) is 5.58. The molecule has 6 rings (SSSR count). The molecule has 2 fully saturated rings. The van der Waals surface area contributed by atoms with Crippen molar-refractivity contribution in [1.82, 2.24) is 19.4 Å². The molecule has 2 aromatic heterocycles.